The van der Waals surface area contributed by atoms with Crippen LogP contribution in [0.25, 0.3) is 0 Å². The zero-order chi connectivity index (χ0) is 15.6. The predicted octanol–water partition coefficient (Wildman–Crippen LogP) is 4.64. The molecule has 0 aliphatic heterocycles. The third-order valence-electron chi connectivity index (χ3n) is 2.71. The van der Waals surface area contributed by atoms with E-state index in [1.54, 1.807) is 36.4 Å². The number of nitrogens with two attached hydrogens (primary N) is 1. The van der Waals surface area contributed by atoms with Gasteiger partial charge in [-0.3, -0.25) is 4.79 Å². The number of halogens is 3. The van der Waals surface area contributed by atoms with Crippen LogP contribution in [0.2, 0.25) is 10.0 Å². The van der Waals surface area contributed by atoms with E-state index >= 15 is 0 Å². The van der Waals surface area contributed by atoms with Gasteiger partial charge in [0, 0.05) is 15.6 Å². The highest BCUT2D eigenvalue weighted by Crippen LogP contribution is 2.35. The van der Waals surface area contributed by atoms with Crippen LogP contribution < -0.4 is 11.1 Å². The molecular formula is C14H9BrCl2N2OS. The summed E-state index contributed by atoms with van der Waals surface area (Å²) in [4.78, 5) is 12.4. The van der Waals surface area contributed by atoms with E-state index in [2.05, 4.69) is 21.2 Å². The van der Waals surface area contributed by atoms with Crippen molar-refractivity contribution < 1.29 is 4.79 Å². The minimum atomic E-state index is -0.301. The molecule has 108 valence electrons. The lowest BCUT2D eigenvalue weighted by Gasteiger charge is -2.09. The summed E-state index contributed by atoms with van der Waals surface area (Å²) in [6.45, 7) is 0. The van der Waals surface area contributed by atoms with Crippen LogP contribution in [-0.2, 0) is 0 Å². The van der Waals surface area contributed by atoms with Crippen LogP contribution in [-0.4, -0.2) is 10.9 Å². The van der Waals surface area contributed by atoms with Crippen molar-refractivity contribution >= 4 is 67.9 Å². The molecule has 1 amide bonds. The van der Waals surface area contributed by atoms with Crippen LogP contribution in [0.1, 0.15) is 15.9 Å². The molecule has 0 radical (unpaired) electrons. The molecule has 0 aromatic heterocycles. The monoisotopic (exact) mass is 402 g/mol. The summed E-state index contributed by atoms with van der Waals surface area (Å²) in [5.41, 5.74) is 7.11. The zero-order valence-electron chi connectivity index (χ0n) is 10.5. The van der Waals surface area contributed by atoms with Crippen LogP contribution >= 0.6 is 51.3 Å². The Morgan fingerprint density at radius 3 is 2.19 bits per heavy atom. The largest absolute Gasteiger partial charge is 0.389 e. The van der Waals surface area contributed by atoms with Gasteiger partial charge >= 0.3 is 0 Å². The zero-order valence-corrected chi connectivity index (χ0v) is 14.4. The summed E-state index contributed by atoms with van der Waals surface area (Å²) in [7, 11) is 0. The van der Waals surface area contributed by atoms with E-state index in [4.69, 9.17) is 41.2 Å². The van der Waals surface area contributed by atoms with Gasteiger partial charge in [-0.05, 0) is 40.2 Å². The Bertz CT molecular complexity index is 720. The maximum absolute atomic E-state index is 12.2. The smallest absolute Gasteiger partial charge is 0.255 e. The fourth-order valence-electron chi connectivity index (χ4n) is 1.60. The molecule has 21 heavy (non-hydrogen) atoms. The van der Waals surface area contributed by atoms with Gasteiger partial charge in [0.15, 0.2) is 0 Å². The van der Waals surface area contributed by atoms with Gasteiger partial charge in [-0.15, -0.1) is 0 Å². The summed E-state index contributed by atoms with van der Waals surface area (Å²) in [6.07, 6.45) is 0. The highest BCUT2D eigenvalue weighted by atomic mass is 79.9. The number of benzene rings is 2. The van der Waals surface area contributed by atoms with Crippen molar-refractivity contribution in [3.05, 3.63) is 62.0 Å². The first-order valence-corrected chi connectivity index (χ1v) is 7.70. The summed E-state index contributed by atoms with van der Waals surface area (Å²) in [5, 5.41) is 3.33. The molecule has 0 aliphatic carbocycles. The number of carbonyl (C=O) groups is 1. The number of thiocarbonyl (C=S) groups is 1. The van der Waals surface area contributed by atoms with Gasteiger partial charge in [-0.2, -0.15) is 0 Å². The molecule has 2 aromatic carbocycles. The Balaban J connectivity index is 2.22. The minimum absolute atomic E-state index is 0.277. The second kappa shape index (κ2) is 6.75. The van der Waals surface area contributed by atoms with E-state index in [0.29, 0.717) is 26.3 Å². The highest BCUT2D eigenvalue weighted by Gasteiger charge is 2.12. The van der Waals surface area contributed by atoms with Gasteiger partial charge in [0.1, 0.15) is 4.99 Å². The number of nitrogens with one attached hydrogen (secondary N) is 1. The molecule has 0 unspecified atom stereocenters. The predicted molar refractivity (Wildman–Crippen MR) is 94.4 cm³/mol. The van der Waals surface area contributed by atoms with Crippen molar-refractivity contribution in [3.63, 3.8) is 0 Å². The van der Waals surface area contributed by atoms with E-state index in [0.717, 1.165) is 0 Å². The van der Waals surface area contributed by atoms with E-state index < -0.39 is 0 Å². The van der Waals surface area contributed by atoms with Gasteiger partial charge in [-0.1, -0.05) is 47.6 Å². The lowest BCUT2D eigenvalue weighted by atomic mass is 10.1. The number of rotatable bonds is 3. The molecule has 0 saturated carbocycles. The summed E-state index contributed by atoms with van der Waals surface area (Å²) >= 11 is 20.2. The quantitative estimate of drug-likeness (QED) is 0.579. The van der Waals surface area contributed by atoms with Crippen LogP contribution in [0.4, 0.5) is 5.69 Å². The fourth-order valence-corrected chi connectivity index (χ4v) is 2.56. The molecule has 3 N–H and O–H groups in total. The molecule has 0 fully saturated rings. The molecule has 0 atom stereocenters. The molecule has 0 aliphatic rings. The molecule has 0 heterocycles. The number of anilines is 1. The van der Waals surface area contributed by atoms with Crippen LogP contribution in [0.15, 0.2) is 40.9 Å². The number of amides is 1. The molecule has 2 rings (SSSR count). The van der Waals surface area contributed by atoms with Gasteiger partial charge in [0.2, 0.25) is 0 Å². The Morgan fingerprint density at radius 2 is 1.62 bits per heavy atom. The second-order valence-electron chi connectivity index (χ2n) is 4.12. The molecule has 2 aromatic rings. The van der Waals surface area contributed by atoms with E-state index in [1.807, 2.05) is 0 Å². The maximum atomic E-state index is 12.2. The van der Waals surface area contributed by atoms with Crippen molar-refractivity contribution in [1.82, 2.24) is 0 Å². The second-order valence-corrected chi connectivity index (χ2v) is 6.17. The van der Waals surface area contributed by atoms with Gasteiger partial charge in [0.05, 0.1) is 15.7 Å². The number of carbonyl (C=O) groups excluding carboxylic acids is 1. The average molecular weight is 404 g/mol. The van der Waals surface area contributed by atoms with E-state index in [9.17, 15) is 4.79 Å². The average Bonchev–Trinajstić information content (AvgIpc) is 2.48. The van der Waals surface area contributed by atoms with Crippen LogP contribution in [0.3, 0.4) is 0 Å². The van der Waals surface area contributed by atoms with Crippen molar-refractivity contribution in [2.75, 3.05) is 5.32 Å². The number of hydrogen-bond donors (Lipinski definition) is 2. The summed E-state index contributed by atoms with van der Waals surface area (Å²) in [5.74, 6) is -0.301. The van der Waals surface area contributed by atoms with Crippen molar-refractivity contribution in [3.8, 4) is 0 Å². The molecule has 0 spiro atoms. The summed E-state index contributed by atoms with van der Waals surface area (Å²) in [6, 6.07) is 10.0. The molecule has 7 heteroatoms. The fraction of sp³-hybridized carbons (Fsp3) is 0. The topological polar surface area (TPSA) is 55.1 Å². The molecule has 3 nitrogen and oxygen atoms in total. The van der Waals surface area contributed by atoms with Crippen LogP contribution in [0, 0.1) is 0 Å². The minimum Gasteiger partial charge on any atom is -0.389 e. The Morgan fingerprint density at radius 1 is 1.05 bits per heavy atom. The first kappa shape index (κ1) is 16.2. The van der Waals surface area contributed by atoms with Crippen molar-refractivity contribution in [2.45, 2.75) is 0 Å². The van der Waals surface area contributed by atoms with Crippen molar-refractivity contribution in [1.29, 1.82) is 0 Å². The van der Waals surface area contributed by atoms with E-state index in [-0.39, 0.29) is 15.9 Å². The maximum Gasteiger partial charge on any atom is 0.255 e. The first-order chi connectivity index (χ1) is 9.90. The standard InChI is InChI=1S/C14H9BrCl2N2OS/c15-9-5-6-10(12(17)11(9)16)19-14(20)8-3-1-7(2-4-8)13(18)21/h1-6H,(H2,18,21)(H,19,20). The lowest BCUT2D eigenvalue weighted by Crippen LogP contribution is -2.13. The molecular weight excluding hydrogens is 395 g/mol. The van der Waals surface area contributed by atoms with Crippen molar-refractivity contribution in [2.24, 2.45) is 5.73 Å². The van der Waals surface area contributed by atoms with Gasteiger partial charge < -0.3 is 11.1 Å². The molecule has 0 saturated heterocycles. The Kier molecular flexibility index (Phi) is 5.22. The Labute approximate surface area is 145 Å². The Hall–Kier alpha value is -1.14. The SMILES string of the molecule is NC(=S)c1ccc(C(=O)Nc2ccc(Br)c(Cl)c2Cl)cc1. The lowest BCUT2D eigenvalue weighted by molar-refractivity contribution is 0.102. The van der Waals surface area contributed by atoms with Crippen LogP contribution in [0.5, 0.6) is 0 Å². The highest BCUT2D eigenvalue weighted by molar-refractivity contribution is 9.10. The first-order valence-electron chi connectivity index (χ1n) is 5.75. The molecule has 0 bridgehead atoms. The third-order valence-corrected chi connectivity index (χ3v) is 4.72. The van der Waals surface area contributed by atoms with Gasteiger partial charge in [0.25, 0.3) is 5.91 Å². The van der Waals surface area contributed by atoms with Gasteiger partial charge in [-0.25, -0.2) is 0 Å². The number of hydrogen-bond acceptors (Lipinski definition) is 2. The van der Waals surface area contributed by atoms with E-state index in [1.165, 1.54) is 0 Å². The normalized spacial score (nSPS) is 10.2. The summed E-state index contributed by atoms with van der Waals surface area (Å²) < 4.78 is 0.660. The third kappa shape index (κ3) is 3.74.